The van der Waals surface area contributed by atoms with Crippen LogP contribution in [0.3, 0.4) is 0 Å². The summed E-state index contributed by atoms with van der Waals surface area (Å²) in [5.41, 5.74) is 1.69. The van der Waals surface area contributed by atoms with Gasteiger partial charge < -0.3 is 4.52 Å². The van der Waals surface area contributed by atoms with Gasteiger partial charge in [-0.3, -0.25) is 0 Å². The van der Waals surface area contributed by atoms with Gasteiger partial charge in [0.05, 0.1) is 12.2 Å². The fourth-order valence-corrected chi connectivity index (χ4v) is 4.09. The predicted molar refractivity (Wildman–Crippen MR) is 84.3 cm³/mol. The number of hydrogen-bond acceptors (Lipinski definition) is 7. The van der Waals surface area contributed by atoms with E-state index in [1.54, 1.807) is 16.6 Å². The summed E-state index contributed by atoms with van der Waals surface area (Å²) < 4.78 is 33.8. The molecular weight excluding hydrogens is 338 g/mol. The Kier molecular flexibility index (Phi) is 3.36. The first-order chi connectivity index (χ1) is 11.1. The minimum atomic E-state index is -3.55. The highest BCUT2D eigenvalue weighted by Gasteiger charge is 2.18. The van der Waals surface area contributed by atoms with Crippen LogP contribution >= 0.6 is 11.3 Å². The second-order valence-electron chi connectivity index (χ2n) is 4.89. The molecule has 1 N–H and O–H groups in total. The summed E-state index contributed by atoms with van der Waals surface area (Å²) in [6.45, 7) is 0.140. The molecule has 1 aromatic carbocycles. The first-order valence-electron chi connectivity index (χ1n) is 6.69. The van der Waals surface area contributed by atoms with Gasteiger partial charge >= 0.3 is 0 Å². The first kappa shape index (κ1) is 14.3. The van der Waals surface area contributed by atoms with E-state index in [0.717, 1.165) is 10.7 Å². The average Bonchev–Trinajstić information content (AvgIpc) is 3.21. The van der Waals surface area contributed by atoms with Crippen LogP contribution in [-0.2, 0) is 22.3 Å². The van der Waals surface area contributed by atoms with E-state index in [0.29, 0.717) is 16.7 Å². The molecule has 0 fully saturated rings. The van der Waals surface area contributed by atoms with Gasteiger partial charge in [-0.25, -0.2) is 22.6 Å². The summed E-state index contributed by atoms with van der Waals surface area (Å²) in [5, 5.41) is 10.4. The maximum absolute atomic E-state index is 12.3. The third-order valence-corrected chi connectivity index (χ3v) is 5.46. The number of nitrogens with zero attached hydrogens (tertiary/aromatic N) is 4. The summed E-state index contributed by atoms with van der Waals surface area (Å²) in [4.78, 5) is 4.77. The smallest absolute Gasteiger partial charge is 0.217 e. The van der Waals surface area contributed by atoms with Crippen LogP contribution in [0.25, 0.3) is 15.9 Å². The lowest BCUT2D eigenvalue weighted by molar-refractivity contribution is 0.448. The molecule has 0 unspecified atom stereocenters. The second kappa shape index (κ2) is 5.41. The topological polar surface area (TPSA) is 102 Å². The van der Waals surface area contributed by atoms with Crippen molar-refractivity contribution in [2.24, 2.45) is 0 Å². The molecule has 10 heteroatoms. The molecule has 0 saturated heterocycles. The number of para-hydroxylation sites is 1. The van der Waals surface area contributed by atoms with Crippen molar-refractivity contribution in [3.8, 4) is 0 Å². The van der Waals surface area contributed by atoms with Crippen LogP contribution in [0, 0.1) is 0 Å². The van der Waals surface area contributed by atoms with Gasteiger partial charge in [0.15, 0.2) is 5.58 Å². The highest BCUT2D eigenvalue weighted by atomic mass is 32.2. The lowest BCUT2D eigenvalue weighted by Gasteiger charge is -2.04. The summed E-state index contributed by atoms with van der Waals surface area (Å²) in [6.07, 6.45) is 1.44. The molecule has 4 rings (SSSR count). The van der Waals surface area contributed by atoms with Crippen molar-refractivity contribution >= 4 is 37.3 Å². The summed E-state index contributed by atoms with van der Waals surface area (Å²) >= 11 is 1.41. The molecule has 0 bridgehead atoms. The van der Waals surface area contributed by atoms with Gasteiger partial charge in [-0.1, -0.05) is 17.3 Å². The monoisotopic (exact) mass is 349 g/mol. The number of aromatic nitrogens is 4. The van der Waals surface area contributed by atoms with Gasteiger partial charge in [0.25, 0.3) is 0 Å². The van der Waals surface area contributed by atoms with Crippen molar-refractivity contribution in [1.29, 1.82) is 0 Å². The fourth-order valence-electron chi connectivity index (χ4n) is 2.25. The lowest BCUT2D eigenvalue weighted by Crippen LogP contribution is -2.25. The van der Waals surface area contributed by atoms with Gasteiger partial charge in [0, 0.05) is 10.8 Å². The summed E-state index contributed by atoms with van der Waals surface area (Å²) in [5.74, 6) is -0.241. The summed E-state index contributed by atoms with van der Waals surface area (Å²) in [7, 11) is -3.55. The van der Waals surface area contributed by atoms with Crippen molar-refractivity contribution in [3.05, 3.63) is 47.4 Å². The molecule has 8 nitrogen and oxygen atoms in total. The molecule has 0 atom stereocenters. The first-order valence-corrected chi connectivity index (χ1v) is 9.22. The molecule has 0 radical (unpaired) electrons. The van der Waals surface area contributed by atoms with E-state index in [2.05, 4.69) is 20.0 Å². The van der Waals surface area contributed by atoms with Crippen LogP contribution in [0.1, 0.15) is 11.4 Å². The molecule has 0 amide bonds. The lowest BCUT2D eigenvalue weighted by atomic mass is 10.2. The van der Waals surface area contributed by atoms with E-state index in [1.807, 2.05) is 17.5 Å². The molecule has 3 heterocycles. The van der Waals surface area contributed by atoms with Crippen LogP contribution in [-0.4, -0.2) is 28.2 Å². The van der Waals surface area contributed by atoms with Crippen molar-refractivity contribution in [2.75, 3.05) is 0 Å². The van der Waals surface area contributed by atoms with E-state index in [4.69, 9.17) is 4.52 Å². The second-order valence-corrected chi connectivity index (χ2v) is 7.53. The molecule has 23 heavy (non-hydrogen) atoms. The van der Waals surface area contributed by atoms with Crippen LogP contribution < -0.4 is 4.72 Å². The number of hydrogen-bond donors (Lipinski definition) is 1. The maximum Gasteiger partial charge on any atom is 0.217 e. The van der Waals surface area contributed by atoms with Crippen LogP contribution in [0.2, 0.25) is 0 Å². The van der Waals surface area contributed by atoms with E-state index in [-0.39, 0.29) is 12.3 Å². The standard InChI is InChI=1S/C13H11N5O3S2/c19-23(20,7-11-10-3-1-2-4-12(10)21-17-11)16-5-9-6-22-13-14-8-15-18(9)13/h1-4,6,8,16H,5,7H2. The third-order valence-electron chi connectivity index (χ3n) is 3.34. The van der Waals surface area contributed by atoms with Gasteiger partial charge in [-0.2, -0.15) is 5.10 Å². The average molecular weight is 349 g/mol. The molecule has 0 aliphatic rings. The minimum absolute atomic E-state index is 0.140. The van der Waals surface area contributed by atoms with Crippen LogP contribution in [0.5, 0.6) is 0 Å². The van der Waals surface area contributed by atoms with E-state index < -0.39 is 10.0 Å². The van der Waals surface area contributed by atoms with Gasteiger partial charge in [0.2, 0.25) is 15.0 Å². The molecule has 0 spiro atoms. The van der Waals surface area contributed by atoms with Crippen LogP contribution in [0.15, 0.2) is 40.5 Å². The third kappa shape index (κ3) is 2.71. The highest BCUT2D eigenvalue weighted by Crippen LogP contribution is 2.19. The summed E-state index contributed by atoms with van der Waals surface area (Å²) in [6, 6.07) is 7.16. The molecule has 0 aliphatic carbocycles. The number of thiazole rings is 1. The van der Waals surface area contributed by atoms with Gasteiger partial charge in [-0.15, -0.1) is 11.3 Å². The Bertz CT molecular complexity index is 1080. The number of fused-ring (bicyclic) bond motifs is 2. The number of rotatable bonds is 5. The molecule has 4 aromatic rings. The fraction of sp³-hybridized carbons (Fsp3) is 0.154. The van der Waals surface area contributed by atoms with E-state index >= 15 is 0 Å². The highest BCUT2D eigenvalue weighted by molar-refractivity contribution is 7.88. The number of benzene rings is 1. The SMILES string of the molecule is O=S(=O)(Cc1noc2ccccc12)NCc1csc2ncnn12. The van der Waals surface area contributed by atoms with Crippen molar-refractivity contribution in [3.63, 3.8) is 0 Å². The molecule has 3 aromatic heterocycles. The number of nitrogens with one attached hydrogen (secondary N) is 1. The minimum Gasteiger partial charge on any atom is -0.356 e. The normalized spacial score (nSPS) is 12.3. The largest absolute Gasteiger partial charge is 0.356 e. The van der Waals surface area contributed by atoms with Crippen molar-refractivity contribution < 1.29 is 12.9 Å². The zero-order valence-corrected chi connectivity index (χ0v) is 13.3. The Morgan fingerprint density at radius 1 is 1.30 bits per heavy atom. The van der Waals surface area contributed by atoms with Crippen LogP contribution in [0.4, 0.5) is 0 Å². The van der Waals surface area contributed by atoms with E-state index in [1.165, 1.54) is 17.7 Å². The molecule has 0 saturated carbocycles. The Labute approximate surface area is 134 Å². The molecule has 118 valence electrons. The quantitative estimate of drug-likeness (QED) is 0.586. The Morgan fingerprint density at radius 3 is 3.09 bits per heavy atom. The number of sulfonamides is 1. The van der Waals surface area contributed by atoms with Crippen molar-refractivity contribution in [1.82, 2.24) is 24.5 Å². The molecule has 0 aliphatic heterocycles. The zero-order valence-electron chi connectivity index (χ0n) is 11.7. The zero-order chi connectivity index (χ0) is 15.9. The maximum atomic E-state index is 12.3. The van der Waals surface area contributed by atoms with Gasteiger partial charge in [0.1, 0.15) is 17.8 Å². The van der Waals surface area contributed by atoms with Crippen molar-refractivity contribution in [2.45, 2.75) is 12.3 Å². The molecular formula is C13H11N5O3S2. The predicted octanol–water partition coefficient (Wildman–Crippen LogP) is 1.55. The Balaban J connectivity index is 1.53. The van der Waals surface area contributed by atoms with Gasteiger partial charge in [-0.05, 0) is 12.1 Å². The Morgan fingerprint density at radius 2 is 2.17 bits per heavy atom. The van der Waals surface area contributed by atoms with E-state index in [9.17, 15) is 8.42 Å². The Hall–Kier alpha value is -2.30.